The topological polar surface area (TPSA) is 55.6 Å². The first kappa shape index (κ1) is 14.0. The van der Waals surface area contributed by atoms with Crippen molar-refractivity contribution in [2.75, 3.05) is 20.3 Å². The molecule has 0 spiro atoms. The Morgan fingerprint density at radius 1 is 1.32 bits per heavy atom. The van der Waals surface area contributed by atoms with Gasteiger partial charge in [0.1, 0.15) is 5.54 Å². The summed E-state index contributed by atoms with van der Waals surface area (Å²) in [5, 5.41) is 0. The lowest BCUT2D eigenvalue weighted by molar-refractivity contribution is -0.139. The first-order chi connectivity index (χ1) is 9.03. The van der Waals surface area contributed by atoms with Crippen LogP contribution >= 0.6 is 0 Å². The fraction of sp³-hybridized carbons (Fsp3) is 0.533. The van der Waals surface area contributed by atoms with Gasteiger partial charge in [-0.3, -0.25) is 4.79 Å². The van der Waals surface area contributed by atoms with E-state index in [-0.39, 0.29) is 11.9 Å². The third kappa shape index (κ3) is 2.96. The zero-order valence-corrected chi connectivity index (χ0v) is 11.6. The molecule has 0 aliphatic carbocycles. The molecule has 19 heavy (non-hydrogen) atoms. The number of nitrogens with zero attached hydrogens (tertiary/aromatic N) is 1. The van der Waals surface area contributed by atoms with Gasteiger partial charge in [-0.15, -0.1) is 0 Å². The van der Waals surface area contributed by atoms with Crippen LogP contribution in [0.1, 0.15) is 25.3 Å². The van der Waals surface area contributed by atoms with Crippen LogP contribution in [0.2, 0.25) is 0 Å². The van der Waals surface area contributed by atoms with Crippen molar-refractivity contribution in [3.05, 3.63) is 35.9 Å². The molecule has 0 bridgehead atoms. The molecule has 1 heterocycles. The molecule has 2 N–H and O–H groups in total. The van der Waals surface area contributed by atoms with E-state index in [9.17, 15) is 4.79 Å². The number of likely N-dealkylation sites (N-methyl/N-ethyl adjacent to an activating group) is 1. The van der Waals surface area contributed by atoms with Gasteiger partial charge in [0, 0.05) is 26.3 Å². The summed E-state index contributed by atoms with van der Waals surface area (Å²) in [6.45, 7) is 3.21. The van der Waals surface area contributed by atoms with Crippen LogP contribution < -0.4 is 5.73 Å². The second-order valence-corrected chi connectivity index (χ2v) is 5.33. The minimum atomic E-state index is -0.978. The predicted molar refractivity (Wildman–Crippen MR) is 74.6 cm³/mol. The Morgan fingerprint density at radius 3 is 2.47 bits per heavy atom. The van der Waals surface area contributed by atoms with E-state index in [1.165, 1.54) is 0 Å². The predicted octanol–water partition coefficient (Wildman–Crippen LogP) is 1.50. The lowest BCUT2D eigenvalue weighted by atomic mass is 9.90. The molecular formula is C15H22N2O2. The molecule has 1 saturated heterocycles. The molecule has 0 radical (unpaired) electrons. The Hall–Kier alpha value is -1.39. The first-order valence-electron chi connectivity index (χ1n) is 6.73. The summed E-state index contributed by atoms with van der Waals surface area (Å²) < 4.78 is 5.33. The van der Waals surface area contributed by atoms with E-state index < -0.39 is 5.54 Å². The number of rotatable bonds is 3. The van der Waals surface area contributed by atoms with Crippen molar-refractivity contribution in [2.24, 2.45) is 5.73 Å². The highest BCUT2D eigenvalue weighted by Crippen LogP contribution is 2.23. The van der Waals surface area contributed by atoms with Gasteiger partial charge in [-0.25, -0.2) is 0 Å². The quantitative estimate of drug-likeness (QED) is 0.898. The number of hydrogen-bond donors (Lipinski definition) is 1. The highest BCUT2D eigenvalue weighted by molar-refractivity contribution is 5.87. The zero-order chi connectivity index (χ0) is 13.9. The van der Waals surface area contributed by atoms with Gasteiger partial charge in [0.05, 0.1) is 0 Å². The van der Waals surface area contributed by atoms with Gasteiger partial charge in [-0.2, -0.15) is 0 Å². The molecule has 1 aliphatic rings. The fourth-order valence-corrected chi connectivity index (χ4v) is 2.51. The van der Waals surface area contributed by atoms with Crippen LogP contribution in [-0.4, -0.2) is 37.1 Å². The van der Waals surface area contributed by atoms with Crippen LogP contribution in [0, 0.1) is 0 Å². The van der Waals surface area contributed by atoms with Crippen molar-refractivity contribution in [2.45, 2.75) is 31.3 Å². The molecule has 1 aliphatic heterocycles. The minimum absolute atomic E-state index is 0.0365. The molecule has 104 valence electrons. The summed E-state index contributed by atoms with van der Waals surface area (Å²) in [6, 6.07) is 9.76. The smallest absolute Gasteiger partial charge is 0.246 e. The second kappa shape index (κ2) is 5.72. The Morgan fingerprint density at radius 2 is 1.89 bits per heavy atom. The van der Waals surface area contributed by atoms with Crippen LogP contribution in [0.25, 0.3) is 0 Å². The first-order valence-corrected chi connectivity index (χ1v) is 6.73. The summed E-state index contributed by atoms with van der Waals surface area (Å²) in [6.07, 6.45) is 1.76. The third-order valence-corrected chi connectivity index (χ3v) is 3.88. The highest BCUT2D eigenvalue weighted by Gasteiger charge is 2.35. The number of carbonyl (C=O) groups is 1. The molecule has 1 aromatic rings. The Balaban J connectivity index is 2.13. The number of carbonyl (C=O) groups excluding carboxylic acids is 1. The van der Waals surface area contributed by atoms with E-state index >= 15 is 0 Å². The number of benzene rings is 1. The summed E-state index contributed by atoms with van der Waals surface area (Å²) in [5.74, 6) is -0.0365. The number of nitrogens with two attached hydrogens (primary N) is 1. The van der Waals surface area contributed by atoms with Crippen molar-refractivity contribution in [1.82, 2.24) is 4.90 Å². The van der Waals surface area contributed by atoms with E-state index in [1.807, 2.05) is 37.4 Å². The normalized spacial score (nSPS) is 19.7. The third-order valence-electron chi connectivity index (χ3n) is 3.88. The van der Waals surface area contributed by atoms with E-state index in [4.69, 9.17) is 10.5 Å². The maximum atomic E-state index is 12.6. The molecule has 2 rings (SSSR count). The van der Waals surface area contributed by atoms with Crippen LogP contribution in [0.4, 0.5) is 0 Å². The maximum absolute atomic E-state index is 12.6. The standard InChI is InChI=1S/C15H22N2O2/c1-15(16,12-6-4-3-5-7-12)14(18)17(2)13-8-10-19-11-9-13/h3-7,13H,8-11,16H2,1-2H3. The SMILES string of the molecule is CN(C(=O)C(C)(N)c1ccccc1)C1CCOCC1. The van der Waals surface area contributed by atoms with Gasteiger partial charge < -0.3 is 15.4 Å². The maximum Gasteiger partial charge on any atom is 0.246 e. The average Bonchev–Trinajstić information content (AvgIpc) is 2.47. The summed E-state index contributed by atoms with van der Waals surface area (Å²) in [5.41, 5.74) is 6.14. The second-order valence-electron chi connectivity index (χ2n) is 5.33. The van der Waals surface area contributed by atoms with Crippen LogP contribution in [0.15, 0.2) is 30.3 Å². The zero-order valence-electron chi connectivity index (χ0n) is 11.6. The Kier molecular flexibility index (Phi) is 4.22. The molecule has 4 nitrogen and oxygen atoms in total. The summed E-state index contributed by atoms with van der Waals surface area (Å²) >= 11 is 0. The van der Waals surface area contributed by atoms with Crippen LogP contribution in [0.3, 0.4) is 0 Å². The van der Waals surface area contributed by atoms with Gasteiger partial charge in [0.25, 0.3) is 0 Å². The van der Waals surface area contributed by atoms with Crippen LogP contribution in [-0.2, 0) is 15.1 Å². The largest absolute Gasteiger partial charge is 0.381 e. The Bertz CT molecular complexity index is 425. The van der Waals surface area contributed by atoms with Gasteiger partial charge in [-0.1, -0.05) is 30.3 Å². The monoisotopic (exact) mass is 262 g/mol. The molecule has 0 saturated carbocycles. The number of amides is 1. The lowest BCUT2D eigenvalue weighted by Crippen LogP contribution is -2.53. The Labute approximate surface area is 114 Å². The van der Waals surface area contributed by atoms with Gasteiger partial charge in [0.2, 0.25) is 5.91 Å². The van der Waals surface area contributed by atoms with E-state index in [0.717, 1.165) is 31.6 Å². The molecule has 0 aromatic heterocycles. The molecule has 1 atom stereocenters. The van der Waals surface area contributed by atoms with E-state index in [0.29, 0.717) is 0 Å². The van der Waals surface area contributed by atoms with Crippen molar-refractivity contribution >= 4 is 5.91 Å². The van der Waals surface area contributed by atoms with Crippen molar-refractivity contribution in [3.63, 3.8) is 0 Å². The lowest BCUT2D eigenvalue weighted by Gasteiger charge is -2.36. The molecule has 1 aromatic carbocycles. The van der Waals surface area contributed by atoms with Gasteiger partial charge in [-0.05, 0) is 25.3 Å². The summed E-state index contributed by atoms with van der Waals surface area (Å²) in [7, 11) is 1.84. The summed E-state index contributed by atoms with van der Waals surface area (Å²) in [4.78, 5) is 14.4. The van der Waals surface area contributed by atoms with Crippen molar-refractivity contribution in [1.29, 1.82) is 0 Å². The molecule has 1 unspecified atom stereocenters. The minimum Gasteiger partial charge on any atom is -0.381 e. The number of hydrogen-bond acceptors (Lipinski definition) is 3. The van der Waals surface area contributed by atoms with Crippen molar-refractivity contribution in [3.8, 4) is 0 Å². The fourth-order valence-electron chi connectivity index (χ4n) is 2.51. The van der Waals surface area contributed by atoms with Gasteiger partial charge >= 0.3 is 0 Å². The molecular weight excluding hydrogens is 240 g/mol. The van der Waals surface area contributed by atoms with Crippen LogP contribution in [0.5, 0.6) is 0 Å². The molecule has 4 heteroatoms. The number of ether oxygens (including phenoxy) is 1. The molecule has 1 fully saturated rings. The van der Waals surface area contributed by atoms with Gasteiger partial charge in [0.15, 0.2) is 0 Å². The van der Waals surface area contributed by atoms with Crippen molar-refractivity contribution < 1.29 is 9.53 Å². The highest BCUT2D eigenvalue weighted by atomic mass is 16.5. The average molecular weight is 262 g/mol. The van der Waals surface area contributed by atoms with E-state index in [1.54, 1.807) is 11.8 Å². The van der Waals surface area contributed by atoms with E-state index in [2.05, 4.69) is 0 Å². The molecule has 1 amide bonds.